The molecule has 0 saturated carbocycles. The van der Waals surface area contributed by atoms with Gasteiger partial charge in [-0.1, -0.05) is 11.6 Å². The van der Waals surface area contributed by atoms with E-state index in [1.807, 2.05) is 0 Å². The Morgan fingerprint density at radius 3 is 2.29 bits per heavy atom. The maximum absolute atomic E-state index is 11.2. The van der Waals surface area contributed by atoms with Crippen molar-refractivity contribution < 1.29 is 8.42 Å². The van der Waals surface area contributed by atoms with E-state index in [4.69, 9.17) is 22.3 Å². The van der Waals surface area contributed by atoms with Gasteiger partial charge in [-0.05, 0) is 0 Å². The lowest BCUT2D eigenvalue weighted by Gasteiger charge is -2.13. The zero-order chi connectivity index (χ0) is 10.9. The van der Waals surface area contributed by atoms with Crippen molar-refractivity contribution in [1.82, 2.24) is 9.97 Å². The third-order valence-electron chi connectivity index (χ3n) is 1.41. The lowest BCUT2D eigenvalue weighted by atomic mass is 10.5. The van der Waals surface area contributed by atoms with Gasteiger partial charge in [0, 0.05) is 24.8 Å². The maximum atomic E-state index is 11.2. The molecule has 1 rings (SSSR count). The summed E-state index contributed by atoms with van der Waals surface area (Å²) in [5, 5.41) is -0.182. The second kappa shape index (κ2) is 3.88. The summed E-state index contributed by atoms with van der Waals surface area (Å²) in [6.07, 6.45) is 1.17. The van der Waals surface area contributed by atoms with E-state index in [1.54, 1.807) is 14.1 Å². The fourth-order valence-electron chi connectivity index (χ4n) is 0.872. The summed E-state index contributed by atoms with van der Waals surface area (Å²) >= 11 is 5.62. The fourth-order valence-corrected chi connectivity index (χ4v) is 2.56. The number of anilines is 1. The van der Waals surface area contributed by atoms with E-state index in [1.165, 1.54) is 11.2 Å². The first-order chi connectivity index (χ1) is 6.34. The molecule has 5 nitrogen and oxygen atoms in total. The molecule has 0 spiro atoms. The molecular weight excluding hydrogens is 249 g/mol. The van der Waals surface area contributed by atoms with Crippen molar-refractivity contribution in [2.45, 2.75) is 4.90 Å². The van der Waals surface area contributed by atoms with Crippen LogP contribution in [0.5, 0.6) is 0 Å². The van der Waals surface area contributed by atoms with Crippen LogP contribution in [0.4, 0.5) is 5.82 Å². The highest BCUT2D eigenvalue weighted by Gasteiger charge is 2.23. The van der Waals surface area contributed by atoms with E-state index in [0.29, 0.717) is 0 Å². The lowest BCUT2D eigenvalue weighted by Crippen LogP contribution is -2.15. The Balaban J connectivity index is 3.54. The second-order valence-corrected chi connectivity index (χ2v) is 5.51. The minimum Gasteiger partial charge on any atom is -0.361 e. The molecule has 0 bridgehead atoms. The molecule has 0 fully saturated rings. The summed E-state index contributed by atoms with van der Waals surface area (Å²) in [7, 11) is 4.52. The van der Waals surface area contributed by atoms with E-state index in [0.717, 1.165) is 0 Å². The second-order valence-electron chi connectivity index (χ2n) is 2.65. The molecular formula is C6H7Cl2N3O2S. The first-order valence-electron chi connectivity index (χ1n) is 3.46. The molecule has 0 aromatic carbocycles. The lowest BCUT2D eigenvalue weighted by molar-refractivity contribution is 0.608. The van der Waals surface area contributed by atoms with E-state index in [2.05, 4.69) is 9.97 Å². The number of aromatic nitrogens is 2. The molecule has 1 aromatic rings. The van der Waals surface area contributed by atoms with Gasteiger partial charge in [-0.3, -0.25) is 0 Å². The monoisotopic (exact) mass is 255 g/mol. The maximum Gasteiger partial charge on any atom is 0.268 e. The zero-order valence-electron chi connectivity index (χ0n) is 7.40. The van der Waals surface area contributed by atoms with E-state index >= 15 is 0 Å². The van der Waals surface area contributed by atoms with E-state index < -0.39 is 9.05 Å². The van der Waals surface area contributed by atoms with E-state index in [9.17, 15) is 8.42 Å². The molecule has 1 aromatic heterocycles. The van der Waals surface area contributed by atoms with Crippen LogP contribution in [0.1, 0.15) is 0 Å². The number of hydrogen-bond donors (Lipinski definition) is 0. The molecule has 78 valence electrons. The topological polar surface area (TPSA) is 63.2 Å². The SMILES string of the molecule is CN(C)c1ncnc(Cl)c1S(=O)(=O)Cl. The highest BCUT2D eigenvalue weighted by Crippen LogP contribution is 2.29. The molecule has 8 heteroatoms. The van der Waals surface area contributed by atoms with Crippen LogP contribution in [0.2, 0.25) is 5.15 Å². The zero-order valence-corrected chi connectivity index (χ0v) is 9.73. The van der Waals surface area contributed by atoms with Crippen molar-refractivity contribution >= 4 is 37.2 Å². The van der Waals surface area contributed by atoms with Crippen molar-refractivity contribution in [2.24, 2.45) is 0 Å². The van der Waals surface area contributed by atoms with Crippen LogP contribution >= 0.6 is 22.3 Å². The molecule has 0 aliphatic heterocycles. The number of hydrogen-bond acceptors (Lipinski definition) is 5. The summed E-state index contributed by atoms with van der Waals surface area (Å²) in [6.45, 7) is 0. The molecule has 0 aliphatic carbocycles. The Bertz CT molecular complexity index is 446. The molecule has 0 N–H and O–H groups in total. The molecule has 0 radical (unpaired) electrons. The smallest absolute Gasteiger partial charge is 0.268 e. The third-order valence-corrected chi connectivity index (χ3v) is 3.13. The van der Waals surface area contributed by atoms with Gasteiger partial charge >= 0.3 is 0 Å². The van der Waals surface area contributed by atoms with Crippen LogP contribution in [0.25, 0.3) is 0 Å². The normalized spacial score (nSPS) is 11.4. The van der Waals surface area contributed by atoms with Crippen molar-refractivity contribution in [3.8, 4) is 0 Å². The largest absolute Gasteiger partial charge is 0.361 e. The Morgan fingerprint density at radius 1 is 1.36 bits per heavy atom. The van der Waals surface area contributed by atoms with Gasteiger partial charge < -0.3 is 4.90 Å². The van der Waals surface area contributed by atoms with Crippen LogP contribution in [0, 0.1) is 0 Å². The van der Waals surface area contributed by atoms with Crippen LogP contribution in [-0.2, 0) is 9.05 Å². The average molecular weight is 256 g/mol. The quantitative estimate of drug-likeness (QED) is 0.586. The Kier molecular flexibility index (Phi) is 3.18. The van der Waals surface area contributed by atoms with Gasteiger partial charge in [0.15, 0.2) is 15.9 Å². The van der Waals surface area contributed by atoms with Gasteiger partial charge in [-0.15, -0.1) is 0 Å². The van der Waals surface area contributed by atoms with Crippen molar-refractivity contribution in [2.75, 3.05) is 19.0 Å². The minimum absolute atomic E-state index is 0.167. The molecule has 0 atom stereocenters. The number of halogens is 2. The molecule has 0 unspecified atom stereocenters. The summed E-state index contributed by atoms with van der Waals surface area (Å²) in [5.74, 6) is 0.167. The molecule has 1 heterocycles. The summed E-state index contributed by atoms with van der Waals surface area (Å²) < 4.78 is 22.3. The van der Waals surface area contributed by atoms with Gasteiger partial charge in [0.05, 0.1) is 0 Å². The van der Waals surface area contributed by atoms with Gasteiger partial charge in [0.1, 0.15) is 6.33 Å². The highest BCUT2D eigenvalue weighted by molar-refractivity contribution is 8.14. The van der Waals surface area contributed by atoms with Crippen molar-refractivity contribution in [3.05, 3.63) is 11.5 Å². The van der Waals surface area contributed by atoms with E-state index in [-0.39, 0.29) is 15.9 Å². The average Bonchev–Trinajstić information content (AvgIpc) is 2.01. The summed E-state index contributed by atoms with van der Waals surface area (Å²) in [5.41, 5.74) is 0. The Morgan fingerprint density at radius 2 is 1.93 bits per heavy atom. The van der Waals surface area contributed by atoms with Crippen molar-refractivity contribution in [1.29, 1.82) is 0 Å². The number of nitrogens with zero attached hydrogens (tertiary/aromatic N) is 3. The third kappa shape index (κ3) is 2.26. The van der Waals surface area contributed by atoms with Crippen LogP contribution in [0.15, 0.2) is 11.2 Å². The minimum atomic E-state index is -3.94. The van der Waals surface area contributed by atoms with Gasteiger partial charge in [-0.2, -0.15) is 0 Å². The van der Waals surface area contributed by atoms with Crippen molar-refractivity contribution in [3.63, 3.8) is 0 Å². The number of rotatable bonds is 2. The molecule has 0 saturated heterocycles. The van der Waals surface area contributed by atoms with Gasteiger partial charge in [0.2, 0.25) is 0 Å². The predicted molar refractivity (Wildman–Crippen MR) is 54.4 cm³/mol. The summed E-state index contributed by atoms with van der Waals surface area (Å²) in [4.78, 5) is 8.54. The molecule has 14 heavy (non-hydrogen) atoms. The standard InChI is InChI=1S/C6H7Cl2N3O2S/c1-11(2)6-4(14(8,12)13)5(7)9-3-10-6/h3H,1-2H3. The first-order valence-corrected chi connectivity index (χ1v) is 6.15. The Labute approximate surface area is 91.1 Å². The predicted octanol–water partition coefficient (Wildman–Crippen LogP) is 1.12. The highest BCUT2D eigenvalue weighted by atomic mass is 35.7. The van der Waals surface area contributed by atoms with Gasteiger partial charge in [0.25, 0.3) is 9.05 Å². The Hall–Kier alpha value is -0.590. The van der Waals surface area contributed by atoms with Crippen LogP contribution in [-0.4, -0.2) is 32.5 Å². The molecule has 0 aliphatic rings. The summed E-state index contributed by atoms with van der Waals surface area (Å²) in [6, 6.07) is 0. The van der Waals surface area contributed by atoms with Crippen LogP contribution < -0.4 is 4.90 Å². The van der Waals surface area contributed by atoms with Crippen LogP contribution in [0.3, 0.4) is 0 Å². The van der Waals surface area contributed by atoms with Gasteiger partial charge in [-0.25, -0.2) is 18.4 Å². The fraction of sp³-hybridized carbons (Fsp3) is 0.333. The first kappa shape index (κ1) is 11.5. The molecule has 0 amide bonds.